The molecular formula is C17H22N2O. The van der Waals surface area contributed by atoms with Crippen LogP contribution < -0.4 is 0 Å². The summed E-state index contributed by atoms with van der Waals surface area (Å²) in [5.74, 6) is 0.624. The number of hydrogen-bond acceptors (Lipinski definition) is 3. The molecule has 3 nitrogen and oxygen atoms in total. The third-order valence-electron chi connectivity index (χ3n) is 4.98. The third-order valence-corrected chi connectivity index (χ3v) is 4.98. The number of likely N-dealkylation sites (tertiary alicyclic amines) is 1. The van der Waals surface area contributed by atoms with Crippen LogP contribution in [0.15, 0.2) is 29.3 Å². The van der Waals surface area contributed by atoms with Gasteiger partial charge < -0.3 is 4.90 Å². The second-order valence-corrected chi connectivity index (χ2v) is 6.32. The van der Waals surface area contributed by atoms with Gasteiger partial charge in [0.15, 0.2) is 0 Å². The quantitative estimate of drug-likeness (QED) is 0.624. The van der Waals surface area contributed by atoms with Crippen LogP contribution in [0.4, 0.5) is 0 Å². The molecule has 2 fully saturated rings. The van der Waals surface area contributed by atoms with Crippen LogP contribution in [0.2, 0.25) is 0 Å². The fourth-order valence-electron chi connectivity index (χ4n) is 3.80. The van der Waals surface area contributed by atoms with Gasteiger partial charge in [-0.3, -0.25) is 0 Å². The molecule has 0 aromatic heterocycles. The molecule has 1 aromatic carbocycles. The highest BCUT2D eigenvalue weighted by molar-refractivity contribution is 5.40. The Hall–Kier alpha value is -1.44. The molecule has 1 unspecified atom stereocenters. The van der Waals surface area contributed by atoms with Crippen molar-refractivity contribution >= 4 is 6.08 Å². The molecule has 1 aromatic rings. The molecule has 106 valence electrons. The van der Waals surface area contributed by atoms with E-state index in [0.29, 0.717) is 5.92 Å². The first-order chi connectivity index (χ1) is 9.73. The van der Waals surface area contributed by atoms with Crippen LogP contribution in [0.25, 0.3) is 0 Å². The number of isocyanates is 1. The molecule has 2 aliphatic rings. The Balaban J connectivity index is 1.92. The van der Waals surface area contributed by atoms with Crippen LogP contribution in [-0.4, -0.2) is 31.1 Å². The van der Waals surface area contributed by atoms with Crippen molar-refractivity contribution in [1.29, 1.82) is 0 Å². The predicted molar refractivity (Wildman–Crippen MR) is 79.6 cm³/mol. The first kappa shape index (κ1) is 13.5. The zero-order valence-corrected chi connectivity index (χ0v) is 12.1. The van der Waals surface area contributed by atoms with E-state index in [1.54, 1.807) is 0 Å². The lowest BCUT2D eigenvalue weighted by Crippen LogP contribution is -2.19. The van der Waals surface area contributed by atoms with Crippen molar-refractivity contribution in [2.24, 2.45) is 4.99 Å². The minimum absolute atomic E-state index is 0.289. The Bertz CT molecular complexity index is 528. The number of likely N-dealkylation sites (N-methyl/N-ethyl adjacent to an activating group) is 1. The number of carbonyl (C=O) groups excluding carboxylic acids is 1. The molecule has 1 saturated carbocycles. The molecule has 1 aliphatic heterocycles. The van der Waals surface area contributed by atoms with Gasteiger partial charge in [0.2, 0.25) is 6.08 Å². The highest BCUT2D eigenvalue weighted by Gasteiger charge is 2.36. The van der Waals surface area contributed by atoms with E-state index >= 15 is 0 Å². The van der Waals surface area contributed by atoms with E-state index in [4.69, 9.17) is 0 Å². The highest BCUT2D eigenvalue weighted by Crippen LogP contribution is 2.43. The summed E-state index contributed by atoms with van der Waals surface area (Å²) in [7, 11) is 2.18. The van der Waals surface area contributed by atoms with Crippen molar-refractivity contribution in [3.8, 4) is 0 Å². The second kappa shape index (κ2) is 5.51. The van der Waals surface area contributed by atoms with Crippen LogP contribution >= 0.6 is 0 Å². The number of aliphatic imine (C=N–C) groups is 1. The minimum atomic E-state index is -0.289. The summed E-state index contributed by atoms with van der Waals surface area (Å²) in [6.07, 6.45) is 7.31. The fourth-order valence-corrected chi connectivity index (χ4v) is 3.80. The normalized spacial score (nSPS) is 25.6. The smallest absolute Gasteiger partial charge is 0.235 e. The second-order valence-electron chi connectivity index (χ2n) is 6.32. The molecule has 1 saturated heterocycles. The summed E-state index contributed by atoms with van der Waals surface area (Å²) in [5.41, 5.74) is 2.33. The van der Waals surface area contributed by atoms with Gasteiger partial charge in [0.05, 0.1) is 5.54 Å². The first-order valence-corrected chi connectivity index (χ1v) is 7.61. The summed E-state index contributed by atoms with van der Waals surface area (Å²) < 4.78 is 0. The lowest BCUT2D eigenvalue weighted by molar-refractivity contribution is 0.411. The lowest BCUT2D eigenvalue weighted by atomic mass is 9.86. The number of nitrogens with zero attached hydrogens (tertiary/aromatic N) is 2. The number of benzene rings is 1. The Morgan fingerprint density at radius 2 is 2.15 bits per heavy atom. The molecule has 0 amide bonds. The molecule has 3 heteroatoms. The Labute approximate surface area is 120 Å². The molecule has 0 spiro atoms. The maximum absolute atomic E-state index is 10.8. The topological polar surface area (TPSA) is 32.7 Å². The van der Waals surface area contributed by atoms with Crippen molar-refractivity contribution in [3.05, 3.63) is 35.4 Å². The van der Waals surface area contributed by atoms with Gasteiger partial charge in [0, 0.05) is 6.54 Å². The highest BCUT2D eigenvalue weighted by atomic mass is 16.1. The maximum Gasteiger partial charge on any atom is 0.235 e. The Kier molecular flexibility index (Phi) is 3.73. The van der Waals surface area contributed by atoms with Crippen LogP contribution in [0.1, 0.15) is 49.1 Å². The van der Waals surface area contributed by atoms with E-state index < -0.39 is 0 Å². The number of hydrogen-bond donors (Lipinski definition) is 0. The van der Waals surface area contributed by atoms with Gasteiger partial charge in [-0.25, -0.2) is 4.79 Å². The van der Waals surface area contributed by atoms with E-state index in [2.05, 4.69) is 41.2 Å². The van der Waals surface area contributed by atoms with E-state index in [1.165, 1.54) is 24.1 Å². The third kappa shape index (κ3) is 2.44. The van der Waals surface area contributed by atoms with Gasteiger partial charge in [-0.15, -0.1) is 0 Å². The fraction of sp³-hybridized carbons (Fsp3) is 0.588. The Morgan fingerprint density at radius 3 is 2.80 bits per heavy atom. The molecule has 0 bridgehead atoms. The SMILES string of the molecule is CN1CCC(c2cccc(C3(N=C=O)CCCC3)c2)C1. The molecular weight excluding hydrogens is 248 g/mol. The molecule has 20 heavy (non-hydrogen) atoms. The summed E-state index contributed by atoms with van der Waals surface area (Å²) >= 11 is 0. The zero-order valence-electron chi connectivity index (χ0n) is 12.1. The van der Waals surface area contributed by atoms with Gasteiger partial charge >= 0.3 is 0 Å². The van der Waals surface area contributed by atoms with Gasteiger partial charge in [0.25, 0.3) is 0 Å². The largest absolute Gasteiger partial charge is 0.306 e. The van der Waals surface area contributed by atoms with Crippen molar-refractivity contribution in [1.82, 2.24) is 4.90 Å². The maximum atomic E-state index is 10.8. The monoisotopic (exact) mass is 270 g/mol. The average molecular weight is 270 g/mol. The van der Waals surface area contributed by atoms with E-state index in [9.17, 15) is 4.79 Å². The minimum Gasteiger partial charge on any atom is -0.306 e. The molecule has 0 radical (unpaired) electrons. The Morgan fingerprint density at radius 1 is 1.35 bits per heavy atom. The van der Waals surface area contributed by atoms with Crippen molar-refractivity contribution < 1.29 is 4.79 Å². The van der Waals surface area contributed by atoms with Crippen LogP contribution in [0.3, 0.4) is 0 Å². The molecule has 1 heterocycles. The van der Waals surface area contributed by atoms with Crippen molar-refractivity contribution in [3.63, 3.8) is 0 Å². The van der Waals surface area contributed by atoms with Crippen molar-refractivity contribution in [2.45, 2.75) is 43.6 Å². The average Bonchev–Trinajstić information content (AvgIpc) is 3.09. The summed E-state index contributed by atoms with van der Waals surface area (Å²) in [6, 6.07) is 8.77. The summed E-state index contributed by atoms with van der Waals surface area (Å²) in [6.45, 7) is 2.31. The van der Waals surface area contributed by atoms with Crippen LogP contribution in [0, 0.1) is 0 Å². The zero-order chi connectivity index (χ0) is 14.0. The predicted octanol–water partition coefficient (Wildman–Crippen LogP) is 3.21. The van der Waals surface area contributed by atoms with E-state index in [1.807, 2.05) is 6.08 Å². The first-order valence-electron chi connectivity index (χ1n) is 7.61. The molecule has 0 N–H and O–H groups in total. The molecule has 1 atom stereocenters. The van der Waals surface area contributed by atoms with Gasteiger partial charge in [-0.1, -0.05) is 37.1 Å². The van der Waals surface area contributed by atoms with Gasteiger partial charge in [0.1, 0.15) is 0 Å². The summed E-state index contributed by atoms with van der Waals surface area (Å²) in [4.78, 5) is 17.4. The lowest BCUT2D eigenvalue weighted by Gasteiger charge is -2.24. The standard InChI is InChI=1S/C17H22N2O/c1-19-10-7-15(12-19)14-5-4-6-16(11-14)17(18-13-20)8-2-3-9-17/h4-6,11,15H,2-3,7-10,12H2,1H3. The van der Waals surface area contributed by atoms with Gasteiger partial charge in [-0.2, -0.15) is 4.99 Å². The molecule has 3 rings (SSSR count). The number of rotatable bonds is 3. The van der Waals surface area contributed by atoms with E-state index in [-0.39, 0.29) is 5.54 Å². The molecule has 1 aliphatic carbocycles. The van der Waals surface area contributed by atoms with Crippen molar-refractivity contribution in [2.75, 3.05) is 20.1 Å². The van der Waals surface area contributed by atoms with Crippen LogP contribution in [-0.2, 0) is 10.3 Å². The van der Waals surface area contributed by atoms with Crippen LogP contribution in [0.5, 0.6) is 0 Å². The van der Waals surface area contributed by atoms with Gasteiger partial charge in [-0.05, 0) is 49.9 Å². The summed E-state index contributed by atoms with van der Waals surface area (Å²) in [5, 5.41) is 0. The van der Waals surface area contributed by atoms with E-state index in [0.717, 1.165) is 32.2 Å².